The van der Waals surface area contributed by atoms with Gasteiger partial charge in [-0.2, -0.15) is 13.1 Å². The van der Waals surface area contributed by atoms with Crippen molar-refractivity contribution in [3.63, 3.8) is 0 Å². The van der Waals surface area contributed by atoms with E-state index in [0.717, 1.165) is 12.1 Å². The van der Waals surface area contributed by atoms with E-state index in [2.05, 4.69) is 14.8 Å². The molecule has 1 aromatic rings. The fraction of sp³-hybridized carbons (Fsp3) is 0.500. The van der Waals surface area contributed by atoms with Gasteiger partial charge in [0.1, 0.15) is 0 Å². The molecule has 0 unspecified atom stereocenters. The van der Waals surface area contributed by atoms with Crippen LogP contribution in [0.5, 0.6) is 0 Å². The zero-order chi connectivity index (χ0) is 13.8. The summed E-state index contributed by atoms with van der Waals surface area (Å²) in [6.07, 6.45) is 0. The average molecular weight is 271 g/mol. The van der Waals surface area contributed by atoms with Crippen LogP contribution in [0.2, 0.25) is 0 Å². The van der Waals surface area contributed by atoms with E-state index in [-0.39, 0.29) is 0 Å². The molecule has 6 heteroatoms. The molecule has 0 aliphatic carbocycles. The van der Waals surface area contributed by atoms with Crippen LogP contribution in [0.4, 0.5) is 5.69 Å². The molecule has 0 heterocycles. The van der Waals surface area contributed by atoms with Crippen LogP contribution in [-0.2, 0) is 16.8 Å². The van der Waals surface area contributed by atoms with Gasteiger partial charge in [-0.15, -0.1) is 0 Å². The predicted octanol–water partition coefficient (Wildman–Crippen LogP) is 1.45. The molecule has 3 N–H and O–H groups in total. The molecule has 0 fully saturated rings. The summed E-state index contributed by atoms with van der Waals surface area (Å²) in [6.45, 7) is 6.14. The van der Waals surface area contributed by atoms with Crippen molar-refractivity contribution in [3.8, 4) is 0 Å². The lowest BCUT2D eigenvalue weighted by Gasteiger charge is -2.20. The largest absolute Gasteiger partial charge is 0.316 e. The summed E-state index contributed by atoms with van der Waals surface area (Å²) < 4.78 is 28.6. The lowest BCUT2D eigenvalue weighted by molar-refractivity contribution is 0.494. The van der Waals surface area contributed by atoms with Crippen LogP contribution < -0.4 is 14.8 Å². The normalized spacial score (nSPS) is 12.4. The van der Waals surface area contributed by atoms with Gasteiger partial charge in [0.15, 0.2) is 0 Å². The van der Waals surface area contributed by atoms with Gasteiger partial charge in [0.05, 0.1) is 0 Å². The third-order valence-electron chi connectivity index (χ3n) is 2.03. The highest BCUT2D eigenvalue weighted by atomic mass is 32.2. The lowest BCUT2D eigenvalue weighted by atomic mass is 10.1. The Morgan fingerprint density at radius 2 is 1.67 bits per heavy atom. The summed E-state index contributed by atoms with van der Waals surface area (Å²) in [5.74, 6) is 0. The number of benzene rings is 1. The second-order valence-electron chi connectivity index (χ2n) is 5.18. The summed E-state index contributed by atoms with van der Waals surface area (Å²) in [4.78, 5) is 0. The van der Waals surface area contributed by atoms with E-state index in [1.807, 2.05) is 19.2 Å². The number of nitrogens with one attached hydrogen (secondary N) is 3. The van der Waals surface area contributed by atoms with Gasteiger partial charge in [0, 0.05) is 17.8 Å². The maximum Gasteiger partial charge on any atom is 0.299 e. The molecule has 0 atom stereocenters. The van der Waals surface area contributed by atoms with Crippen molar-refractivity contribution >= 4 is 15.9 Å². The molecule has 0 radical (unpaired) electrons. The molecule has 0 aliphatic rings. The highest BCUT2D eigenvalue weighted by Crippen LogP contribution is 2.12. The molecule has 0 saturated heterocycles. The molecular weight excluding hydrogens is 250 g/mol. The smallest absolute Gasteiger partial charge is 0.299 e. The Morgan fingerprint density at radius 3 is 2.11 bits per heavy atom. The molecular formula is C12H21N3O2S. The van der Waals surface area contributed by atoms with E-state index in [4.69, 9.17) is 0 Å². The van der Waals surface area contributed by atoms with Crippen molar-refractivity contribution in [2.24, 2.45) is 0 Å². The molecule has 0 bridgehead atoms. The van der Waals surface area contributed by atoms with E-state index >= 15 is 0 Å². The van der Waals surface area contributed by atoms with Gasteiger partial charge in [0.2, 0.25) is 0 Å². The first kappa shape index (κ1) is 14.9. The van der Waals surface area contributed by atoms with Crippen LogP contribution in [0.25, 0.3) is 0 Å². The third kappa shape index (κ3) is 5.48. The number of hydrogen-bond acceptors (Lipinski definition) is 3. The molecule has 0 aliphatic heterocycles. The highest BCUT2D eigenvalue weighted by molar-refractivity contribution is 7.90. The van der Waals surface area contributed by atoms with Crippen LogP contribution in [0.1, 0.15) is 26.3 Å². The maximum atomic E-state index is 11.8. The van der Waals surface area contributed by atoms with Crippen molar-refractivity contribution in [2.45, 2.75) is 32.9 Å². The Morgan fingerprint density at radius 1 is 1.11 bits per heavy atom. The second-order valence-corrected chi connectivity index (χ2v) is 6.60. The van der Waals surface area contributed by atoms with Gasteiger partial charge in [-0.1, -0.05) is 12.1 Å². The Kier molecular flexibility index (Phi) is 4.72. The minimum Gasteiger partial charge on any atom is -0.316 e. The monoisotopic (exact) mass is 271 g/mol. The fourth-order valence-electron chi connectivity index (χ4n) is 1.48. The third-order valence-corrected chi connectivity index (χ3v) is 3.41. The van der Waals surface area contributed by atoms with Crippen LogP contribution in [0, 0.1) is 0 Å². The van der Waals surface area contributed by atoms with Gasteiger partial charge in [-0.25, -0.2) is 0 Å². The first-order chi connectivity index (χ1) is 8.22. The second kappa shape index (κ2) is 5.69. The number of hydrogen-bond donors (Lipinski definition) is 3. The lowest BCUT2D eigenvalue weighted by Crippen LogP contribution is -2.43. The maximum absolute atomic E-state index is 11.8. The zero-order valence-electron chi connectivity index (χ0n) is 11.2. The average Bonchev–Trinajstić information content (AvgIpc) is 2.17. The summed E-state index contributed by atoms with van der Waals surface area (Å²) >= 11 is 0. The molecule has 18 heavy (non-hydrogen) atoms. The quantitative estimate of drug-likeness (QED) is 0.759. The van der Waals surface area contributed by atoms with Crippen LogP contribution in [0.15, 0.2) is 24.3 Å². The van der Waals surface area contributed by atoms with E-state index < -0.39 is 15.7 Å². The van der Waals surface area contributed by atoms with E-state index in [1.54, 1.807) is 32.9 Å². The van der Waals surface area contributed by atoms with E-state index in [9.17, 15) is 8.42 Å². The first-order valence-corrected chi connectivity index (χ1v) is 7.25. The molecule has 1 rings (SSSR count). The van der Waals surface area contributed by atoms with Crippen LogP contribution >= 0.6 is 0 Å². The van der Waals surface area contributed by atoms with Gasteiger partial charge >= 0.3 is 0 Å². The minimum absolute atomic E-state index is 0.502. The van der Waals surface area contributed by atoms with Crippen LogP contribution in [-0.4, -0.2) is 21.0 Å². The van der Waals surface area contributed by atoms with E-state index in [1.165, 1.54) is 0 Å². The van der Waals surface area contributed by atoms with Crippen molar-refractivity contribution in [1.82, 2.24) is 10.0 Å². The zero-order valence-corrected chi connectivity index (χ0v) is 12.1. The van der Waals surface area contributed by atoms with Crippen molar-refractivity contribution in [3.05, 3.63) is 29.8 Å². The molecule has 0 amide bonds. The summed E-state index contributed by atoms with van der Waals surface area (Å²) in [5.41, 5.74) is 1.15. The van der Waals surface area contributed by atoms with Gasteiger partial charge in [-0.3, -0.25) is 4.72 Å². The number of anilines is 1. The molecule has 0 spiro atoms. The van der Waals surface area contributed by atoms with Crippen molar-refractivity contribution < 1.29 is 8.42 Å². The number of rotatable bonds is 5. The van der Waals surface area contributed by atoms with Gasteiger partial charge < -0.3 is 5.32 Å². The SMILES string of the molecule is CNCc1ccc(NS(=O)(=O)NC(C)(C)C)cc1. The summed E-state index contributed by atoms with van der Waals surface area (Å²) in [5, 5.41) is 3.03. The van der Waals surface area contributed by atoms with E-state index in [0.29, 0.717) is 5.69 Å². The predicted molar refractivity (Wildman–Crippen MR) is 74.6 cm³/mol. The fourth-order valence-corrected chi connectivity index (χ4v) is 2.78. The molecule has 0 aromatic heterocycles. The van der Waals surface area contributed by atoms with Crippen molar-refractivity contribution in [2.75, 3.05) is 11.8 Å². The Bertz CT molecular complexity index is 475. The van der Waals surface area contributed by atoms with Crippen molar-refractivity contribution in [1.29, 1.82) is 0 Å². The standard InChI is InChI=1S/C12H21N3O2S/c1-12(2,3)15-18(16,17)14-11-7-5-10(6-8-11)9-13-4/h5-8,13-15H,9H2,1-4H3. The topological polar surface area (TPSA) is 70.2 Å². The first-order valence-electron chi connectivity index (χ1n) is 5.77. The molecule has 1 aromatic carbocycles. The van der Waals surface area contributed by atoms with Gasteiger partial charge in [-0.05, 0) is 45.5 Å². The molecule has 0 saturated carbocycles. The Labute approximate surface area is 109 Å². The summed E-state index contributed by atoms with van der Waals surface area (Å²) in [6, 6.07) is 7.25. The molecule has 102 valence electrons. The summed E-state index contributed by atoms with van der Waals surface area (Å²) in [7, 11) is -1.67. The Hall–Kier alpha value is -1.11. The van der Waals surface area contributed by atoms with Gasteiger partial charge in [0.25, 0.3) is 10.2 Å². The highest BCUT2D eigenvalue weighted by Gasteiger charge is 2.19. The van der Waals surface area contributed by atoms with Crippen LogP contribution in [0.3, 0.4) is 0 Å². The minimum atomic E-state index is -3.53. The molecule has 5 nitrogen and oxygen atoms in total. The Balaban J connectivity index is 2.72.